The maximum Gasteiger partial charge on any atom is 0.131 e. The number of alkyl halides is 1. The summed E-state index contributed by atoms with van der Waals surface area (Å²) in [7, 11) is 0. The third-order valence-corrected chi connectivity index (χ3v) is 3.16. The first kappa shape index (κ1) is 12.0. The van der Waals surface area contributed by atoms with Crippen LogP contribution in [0, 0.1) is 0 Å². The largest absolute Gasteiger partial charge is 0.377 e. The number of aromatic nitrogens is 1. The van der Waals surface area contributed by atoms with Gasteiger partial charge in [0.05, 0.1) is 19.3 Å². The second-order valence-electron chi connectivity index (χ2n) is 3.91. The maximum atomic E-state index is 5.97. The number of rotatable bonds is 2. The Bertz CT molecular complexity index is 373. The number of ether oxygens (including phenoxy) is 1. The summed E-state index contributed by atoms with van der Waals surface area (Å²) in [6.07, 6.45) is 0. The van der Waals surface area contributed by atoms with Crippen LogP contribution in [-0.2, 0) is 10.6 Å². The Balaban J connectivity index is 2.27. The summed E-state index contributed by atoms with van der Waals surface area (Å²) < 4.78 is 5.39. The molecule has 0 spiro atoms. The van der Waals surface area contributed by atoms with Gasteiger partial charge in [0.25, 0.3) is 0 Å². The number of nitrogens with zero attached hydrogens (tertiary/aromatic N) is 2. The Labute approximate surface area is 105 Å². The Morgan fingerprint density at radius 3 is 3.06 bits per heavy atom. The van der Waals surface area contributed by atoms with Crippen molar-refractivity contribution in [2.75, 3.05) is 24.7 Å². The topological polar surface area (TPSA) is 25.4 Å². The molecule has 0 aliphatic carbocycles. The molecule has 88 valence electrons. The summed E-state index contributed by atoms with van der Waals surface area (Å²) in [5, 5.41) is 0.492. The van der Waals surface area contributed by atoms with Crippen molar-refractivity contribution in [2.45, 2.75) is 18.8 Å². The van der Waals surface area contributed by atoms with Crippen molar-refractivity contribution < 1.29 is 4.74 Å². The molecule has 1 aromatic rings. The molecule has 2 heterocycles. The first-order valence-electron chi connectivity index (χ1n) is 5.27. The van der Waals surface area contributed by atoms with E-state index in [0.29, 0.717) is 17.1 Å². The SMILES string of the molecule is C[C@@H]1COCCN1c1cc(CCl)cc(Cl)n1. The van der Waals surface area contributed by atoms with Gasteiger partial charge in [-0.15, -0.1) is 11.6 Å². The molecule has 1 fully saturated rings. The van der Waals surface area contributed by atoms with Crippen LogP contribution in [0.15, 0.2) is 12.1 Å². The standard InChI is InChI=1S/C11H14Cl2N2O/c1-8-7-16-3-2-15(8)11-5-9(6-12)4-10(13)14-11/h4-5,8H,2-3,6-7H2,1H3/t8-/m1/s1. The highest BCUT2D eigenvalue weighted by Crippen LogP contribution is 2.22. The zero-order chi connectivity index (χ0) is 11.5. The van der Waals surface area contributed by atoms with Crippen molar-refractivity contribution in [2.24, 2.45) is 0 Å². The highest BCUT2D eigenvalue weighted by Gasteiger charge is 2.20. The number of hydrogen-bond acceptors (Lipinski definition) is 3. The molecule has 1 aliphatic heterocycles. The zero-order valence-corrected chi connectivity index (χ0v) is 10.6. The molecule has 0 aromatic carbocycles. The minimum Gasteiger partial charge on any atom is -0.377 e. The molecule has 16 heavy (non-hydrogen) atoms. The van der Waals surface area contributed by atoms with E-state index in [4.69, 9.17) is 27.9 Å². The average molecular weight is 261 g/mol. The molecule has 1 aliphatic rings. The maximum absolute atomic E-state index is 5.97. The molecule has 0 saturated carbocycles. The molecule has 1 saturated heterocycles. The van der Waals surface area contributed by atoms with Gasteiger partial charge in [0, 0.05) is 12.4 Å². The monoisotopic (exact) mass is 260 g/mol. The fourth-order valence-corrected chi connectivity index (χ4v) is 2.21. The van der Waals surface area contributed by atoms with Gasteiger partial charge in [0.1, 0.15) is 11.0 Å². The number of halogens is 2. The van der Waals surface area contributed by atoms with Gasteiger partial charge in [-0.1, -0.05) is 11.6 Å². The molecule has 5 heteroatoms. The van der Waals surface area contributed by atoms with Crippen molar-refractivity contribution in [3.8, 4) is 0 Å². The summed E-state index contributed by atoms with van der Waals surface area (Å²) >= 11 is 11.8. The van der Waals surface area contributed by atoms with Gasteiger partial charge >= 0.3 is 0 Å². The molecule has 1 atom stereocenters. The van der Waals surface area contributed by atoms with Crippen LogP contribution >= 0.6 is 23.2 Å². The molecule has 3 nitrogen and oxygen atoms in total. The predicted octanol–water partition coefficient (Wildman–Crippen LogP) is 2.70. The van der Waals surface area contributed by atoms with E-state index in [1.807, 2.05) is 6.07 Å². The fourth-order valence-electron chi connectivity index (χ4n) is 1.83. The lowest BCUT2D eigenvalue weighted by Crippen LogP contribution is -2.44. The number of pyridine rings is 1. The van der Waals surface area contributed by atoms with Crippen LogP contribution in [0.5, 0.6) is 0 Å². The lowest BCUT2D eigenvalue weighted by molar-refractivity contribution is 0.0985. The summed E-state index contributed by atoms with van der Waals surface area (Å²) in [4.78, 5) is 6.53. The van der Waals surface area contributed by atoms with E-state index < -0.39 is 0 Å². The first-order valence-corrected chi connectivity index (χ1v) is 6.19. The van der Waals surface area contributed by atoms with Gasteiger partial charge < -0.3 is 9.64 Å². The minimum absolute atomic E-state index is 0.322. The summed E-state index contributed by atoms with van der Waals surface area (Å²) in [5.41, 5.74) is 0.996. The second-order valence-corrected chi connectivity index (χ2v) is 4.56. The Hall–Kier alpha value is -0.510. The van der Waals surface area contributed by atoms with Crippen LogP contribution in [0.25, 0.3) is 0 Å². The lowest BCUT2D eigenvalue weighted by atomic mass is 10.2. The number of hydrogen-bond donors (Lipinski definition) is 0. The minimum atomic E-state index is 0.322. The van der Waals surface area contributed by atoms with Crippen LogP contribution in [-0.4, -0.2) is 30.8 Å². The molecule has 1 aromatic heterocycles. The average Bonchev–Trinajstić information content (AvgIpc) is 2.28. The van der Waals surface area contributed by atoms with Crippen LogP contribution < -0.4 is 4.90 Å². The molecule has 0 N–H and O–H groups in total. The Morgan fingerprint density at radius 2 is 2.38 bits per heavy atom. The van der Waals surface area contributed by atoms with E-state index >= 15 is 0 Å². The van der Waals surface area contributed by atoms with E-state index in [1.54, 1.807) is 6.07 Å². The molecule has 0 radical (unpaired) electrons. The Morgan fingerprint density at radius 1 is 1.56 bits per heavy atom. The van der Waals surface area contributed by atoms with Crippen LogP contribution in [0.3, 0.4) is 0 Å². The van der Waals surface area contributed by atoms with Crippen LogP contribution in [0.4, 0.5) is 5.82 Å². The smallest absolute Gasteiger partial charge is 0.131 e. The van der Waals surface area contributed by atoms with Crippen LogP contribution in [0.2, 0.25) is 5.15 Å². The van der Waals surface area contributed by atoms with Gasteiger partial charge in [-0.25, -0.2) is 4.98 Å². The van der Waals surface area contributed by atoms with E-state index in [1.165, 1.54) is 0 Å². The van der Waals surface area contributed by atoms with E-state index in [-0.39, 0.29) is 0 Å². The fraction of sp³-hybridized carbons (Fsp3) is 0.545. The second kappa shape index (κ2) is 5.21. The Kier molecular flexibility index (Phi) is 3.90. The highest BCUT2D eigenvalue weighted by atomic mass is 35.5. The van der Waals surface area contributed by atoms with Crippen molar-refractivity contribution in [1.29, 1.82) is 0 Å². The summed E-state index contributed by atoms with van der Waals surface area (Å²) in [6, 6.07) is 4.10. The first-order chi connectivity index (χ1) is 7.70. The third-order valence-electron chi connectivity index (χ3n) is 2.66. The summed E-state index contributed by atoms with van der Waals surface area (Å²) in [6.45, 7) is 4.41. The van der Waals surface area contributed by atoms with Crippen molar-refractivity contribution in [3.63, 3.8) is 0 Å². The van der Waals surface area contributed by atoms with Gasteiger partial charge in [-0.05, 0) is 24.6 Å². The number of morpholine rings is 1. The quantitative estimate of drug-likeness (QED) is 0.604. The molecule has 0 unspecified atom stereocenters. The molecular formula is C11H14Cl2N2O. The number of anilines is 1. The van der Waals surface area contributed by atoms with Gasteiger partial charge in [0.15, 0.2) is 0 Å². The predicted molar refractivity (Wildman–Crippen MR) is 66.4 cm³/mol. The van der Waals surface area contributed by atoms with E-state index in [0.717, 1.165) is 31.1 Å². The third kappa shape index (κ3) is 2.59. The van der Waals surface area contributed by atoms with E-state index in [2.05, 4.69) is 16.8 Å². The lowest BCUT2D eigenvalue weighted by Gasteiger charge is -2.34. The highest BCUT2D eigenvalue weighted by molar-refractivity contribution is 6.29. The zero-order valence-electron chi connectivity index (χ0n) is 9.12. The van der Waals surface area contributed by atoms with Crippen LogP contribution in [0.1, 0.15) is 12.5 Å². The van der Waals surface area contributed by atoms with Gasteiger partial charge in [-0.2, -0.15) is 0 Å². The molecule has 2 rings (SSSR count). The molecule has 0 bridgehead atoms. The van der Waals surface area contributed by atoms with Gasteiger partial charge in [-0.3, -0.25) is 0 Å². The van der Waals surface area contributed by atoms with E-state index in [9.17, 15) is 0 Å². The van der Waals surface area contributed by atoms with Gasteiger partial charge in [0.2, 0.25) is 0 Å². The van der Waals surface area contributed by atoms with Crippen molar-refractivity contribution in [3.05, 3.63) is 22.8 Å². The molecule has 0 amide bonds. The van der Waals surface area contributed by atoms with Crippen molar-refractivity contribution in [1.82, 2.24) is 4.98 Å². The van der Waals surface area contributed by atoms with Crippen molar-refractivity contribution >= 4 is 29.0 Å². The molecular weight excluding hydrogens is 247 g/mol. The normalized spacial score (nSPS) is 21.2. The summed E-state index contributed by atoms with van der Waals surface area (Å²) in [5.74, 6) is 1.34.